The van der Waals surface area contributed by atoms with Gasteiger partial charge < -0.3 is 0 Å². The van der Waals surface area contributed by atoms with Gasteiger partial charge in [0.05, 0.1) is 10.5 Å². The molecule has 0 bridgehead atoms. The molecule has 1 aliphatic rings. The molecule has 1 fully saturated rings. The van der Waals surface area contributed by atoms with E-state index in [0.717, 1.165) is 12.1 Å². The minimum absolute atomic E-state index is 0.224. The van der Waals surface area contributed by atoms with Crippen molar-refractivity contribution in [3.05, 3.63) is 52.2 Å². The lowest BCUT2D eigenvalue weighted by atomic mass is 10.2. The molecule has 3 rings (SSSR count). The van der Waals surface area contributed by atoms with Crippen LogP contribution in [0, 0.1) is 0 Å². The fourth-order valence-electron chi connectivity index (χ4n) is 2.67. The van der Waals surface area contributed by atoms with E-state index >= 15 is 0 Å². The van der Waals surface area contributed by atoms with E-state index in [9.17, 15) is 21.6 Å². The number of halogens is 3. The van der Waals surface area contributed by atoms with E-state index in [-0.39, 0.29) is 10.1 Å². The van der Waals surface area contributed by atoms with Crippen molar-refractivity contribution in [2.45, 2.75) is 22.7 Å². The Bertz CT molecular complexity index is 819. The van der Waals surface area contributed by atoms with Crippen LogP contribution in [0.1, 0.15) is 22.1 Å². The van der Waals surface area contributed by atoms with Crippen LogP contribution in [-0.2, 0) is 16.2 Å². The molecule has 0 N–H and O–H groups in total. The van der Waals surface area contributed by atoms with Crippen LogP contribution in [-0.4, -0.2) is 31.6 Å². The van der Waals surface area contributed by atoms with Crippen molar-refractivity contribution in [3.63, 3.8) is 0 Å². The van der Waals surface area contributed by atoms with Crippen LogP contribution < -0.4 is 0 Å². The topological polar surface area (TPSA) is 37.4 Å². The second-order valence-electron chi connectivity index (χ2n) is 5.59. The lowest BCUT2D eigenvalue weighted by Gasteiger charge is -2.20. The number of benzene rings is 1. The van der Waals surface area contributed by atoms with Gasteiger partial charge in [0.25, 0.3) is 0 Å². The zero-order valence-electron chi connectivity index (χ0n) is 13.1. The van der Waals surface area contributed by atoms with Crippen LogP contribution in [0.5, 0.6) is 0 Å². The smallest absolute Gasteiger partial charge is 0.207 e. The molecule has 2 aromatic rings. The van der Waals surface area contributed by atoms with Crippen LogP contribution in [0.4, 0.5) is 13.2 Å². The first-order valence-corrected chi connectivity index (χ1v) is 11.0. The molecule has 0 saturated carbocycles. The summed E-state index contributed by atoms with van der Waals surface area (Å²) in [5.41, 5.74) is -0.950. The molecule has 1 saturated heterocycles. The predicted molar refractivity (Wildman–Crippen MR) is 94.3 cm³/mol. The predicted octanol–water partition coefficient (Wildman–Crippen LogP) is 4.64. The average molecular weight is 408 g/mol. The van der Waals surface area contributed by atoms with Gasteiger partial charge in [-0.2, -0.15) is 29.2 Å². The first-order valence-electron chi connectivity index (χ1n) is 7.61. The number of thioether (sulfide) groups is 1. The first kappa shape index (κ1) is 18.8. The summed E-state index contributed by atoms with van der Waals surface area (Å²) < 4.78 is 65.4. The minimum atomic E-state index is -4.57. The summed E-state index contributed by atoms with van der Waals surface area (Å²) in [4.78, 5) is 0.894. The number of nitrogens with zero attached hydrogens (tertiary/aromatic N) is 1. The van der Waals surface area contributed by atoms with Crippen molar-refractivity contribution in [1.29, 1.82) is 0 Å². The molecule has 2 heterocycles. The summed E-state index contributed by atoms with van der Waals surface area (Å²) in [5.74, 6) is 0.612. The molecule has 3 nitrogen and oxygen atoms in total. The molecule has 0 aliphatic carbocycles. The maximum absolute atomic E-state index is 12.9. The van der Waals surface area contributed by atoms with Gasteiger partial charge in [0.2, 0.25) is 10.0 Å². The summed E-state index contributed by atoms with van der Waals surface area (Å²) in [5, 5.41) is 2.21. The first-order chi connectivity index (χ1) is 11.8. The lowest BCUT2D eigenvalue weighted by Crippen LogP contribution is -2.33. The molecule has 0 spiro atoms. The Kier molecular flexibility index (Phi) is 5.48. The number of hydrogen-bond donors (Lipinski definition) is 0. The van der Waals surface area contributed by atoms with Gasteiger partial charge in [-0.1, -0.05) is 12.1 Å². The van der Waals surface area contributed by atoms with Crippen molar-refractivity contribution in [3.8, 4) is 0 Å². The van der Waals surface area contributed by atoms with Crippen LogP contribution >= 0.6 is 23.1 Å². The van der Waals surface area contributed by atoms with Gasteiger partial charge in [-0.15, -0.1) is 11.3 Å². The molecule has 1 aliphatic heterocycles. The minimum Gasteiger partial charge on any atom is -0.207 e. The summed E-state index contributed by atoms with van der Waals surface area (Å²) >= 11 is 3.32. The van der Waals surface area contributed by atoms with E-state index in [4.69, 9.17) is 0 Å². The molecule has 136 valence electrons. The number of rotatable bonds is 3. The Hall–Kier alpha value is -1.03. The maximum Gasteiger partial charge on any atom is 0.416 e. The van der Waals surface area contributed by atoms with Gasteiger partial charge in [0, 0.05) is 29.0 Å². The molecule has 9 heteroatoms. The van der Waals surface area contributed by atoms with Crippen LogP contribution in [0.2, 0.25) is 0 Å². The number of thiophene rings is 1. The Morgan fingerprint density at radius 1 is 1.12 bits per heavy atom. The van der Waals surface area contributed by atoms with Gasteiger partial charge in [0.1, 0.15) is 0 Å². The Balaban J connectivity index is 1.81. The highest BCUT2D eigenvalue weighted by Gasteiger charge is 2.33. The summed E-state index contributed by atoms with van der Waals surface area (Å²) in [6, 6.07) is 7.94. The third-order valence-corrected chi connectivity index (χ3v) is 8.30. The van der Waals surface area contributed by atoms with Gasteiger partial charge in [-0.05, 0) is 36.1 Å². The molecule has 25 heavy (non-hydrogen) atoms. The van der Waals surface area contributed by atoms with Crippen LogP contribution in [0.25, 0.3) is 0 Å². The molecule has 1 aromatic carbocycles. The van der Waals surface area contributed by atoms with Crippen molar-refractivity contribution in [2.24, 2.45) is 0 Å². The molecular formula is C16H16F3NO2S3. The molecular weight excluding hydrogens is 391 g/mol. The monoisotopic (exact) mass is 407 g/mol. The quantitative estimate of drug-likeness (QED) is 0.744. The van der Waals surface area contributed by atoms with E-state index in [1.54, 1.807) is 23.1 Å². The second kappa shape index (κ2) is 7.30. The number of hydrogen-bond acceptors (Lipinski definition) is 4. The molecule has 0 amide bonds. The van der Waals surface area contributed by atoms with E-state index in [1.165, 1.54) is 15.2 Å². The average Bonchev–Trinajstić information content (AvgIpc) is 2.98. The van der Waals surface area contributed by atoms with Crippen molar-refractivity contribution >= 4 is 33.1 Å². The molecule has 1 unspecified atom stereocenters. The Labute approximate surface area is 152 Å². The van der Waals surface area contributed by atoms with E-state index in [1.807, 2.05) is 17.5 Å². The fraction of sp³-hybridized carbons (Fsp3) is 0.375. The zero-order chi connectivity index (χ0) is 18.1. The molecule has 1 atom stereocenters. The van der Waals surface area contributed by atoms with Gasteiger partial charge in [0.15, 0.2) is 0 Å². The summed E-state index contributed by atoms with van der Waals surface area (Å²) in [6.45, 7) is 0.596. The molecule has 1 aromatic heterocycles. The highest BCUT2D eigenvalue weighted by Crippen LogP contribution is 2.38. The van der Waals surface area contributed by atoms with Crippen molar-refractivity contribution < 1.29 is 21.6 Å². The van der Waals surface area contributed by atoms with E-state index in [0.29, 0.717) is 31.3 Å². The largest absolute Gasteiger partial charge is 0.416 e. The number of alkyl halides is 3. The highest BCUT2D eigenvalue weighted by molar-refractivity contribution is 7.99. The van der Waals surface area contributed by atoms with E-state index in [2.05, 4.69) is 0 Å². The van der Waals surface area contributed by atoms with Gasteiger partial charge in [-0.3, -0.25) is 0 Å². The maximum atomic E-state index is 12.9. The highest BCUT2D eigenvalue weighted by atomic mass is 32.2. The third-order valence-electron chi connectivity index (χ3n) is 3.96. The summed E-state index contributed by atoms with van der Waals surface area (Å²) in [6.07, 6.45) is -3.92. The number of sulfonamides is 1. The SMILES string of the molecule is O=S(=O)(c1cccc(C(F)(F)F)c1)N1CCSC(c2cccs2)CC1. The van der Waals surface area contributed by atoms with Crippen molar-refractivity contribution in [1.82, 2.24) is 4.31 Å². The van der Waals surface area contributed by atoms with E-state index < -0.39 is 21.8 Å². The Morgan fingerprint density at radius 2 is 1.92 bits per heavy atom. The normalized spacial score (nSPS) is 20.4. The molecule has 0 radical (unpaired) electrons. The zero-order valence-corrected chi connectivity index (χ0v) is 15.5. The van der Waals surface area contributed by atoms with Gasteiger partial charge >= 0.3 is 6.18 Å². The third kappa shape index (κ3) is 4.21. The van der Waals surface area contributed by atoms with Crippen LogP contribution in [0.3, 0.4) is 0 Å². The fourth-order valence-corrected chi connectivity index (χ4v) is 6.53. The van der Waals surface area contributed by atoms with Crippen LogP contribution in [0.15, 0.2) is 46.7 Å². The van der Waals surface area contributed by atoms with Crippen molar-refractivity contribution in [2.75, 3.05) is 18.8 Å². The lowest BCUT2D eigenvalue weighted by molar-refractivity contribution is -0.137. The second-order valence-corrected chi connectivity index (χ2v) is 9.82. The summed E-state index contributed by atoms with van der Waals surface area (Å²) in [7, 11) is -3.94. The Morgan fingerprint density at radius 3 is 2.60 bits per heavy atom. The standard InChI is InChI=1S/C16H16F3NO2S3/c17-16(18,19)12-3-1-4-13(11-12)25(21,22)20-7-6-15(24-10-8-20)14-5-2-9-23-14/h1-5,9,11,15H,6-8,10H2. The van der Waals surface area contributed by atoms with Gasteiger partial charge in [-0.25, -0.2) is 8.42 Å².